The first-order valence-electron chi connectivity index (χ1n) is 8.77. The number of fused-ring (bicyclic) bond motifs is 2. The number of para-hydroxylation sites is 2. The van der Waals surface area contributed by atoms with Gasteiger partial charge in [0, 0.05) is 14.1 Å². The number of hydrogen-bond acceptors (Lipinski definition) is 4. The third-order valence-corrected chi connectivity index (χ3v) is 5.85. The lowest BCUT2D eigenvalue weighted by Gasteiger charge is -2.36. The molecule has 0 aliphatic carbocycles. The summed E-state index contributed by atoms with van der Waals surface area (Å²) in [6.07, 6.45) is 0. The molecule has 2 aliphatic heterocycles. The summed E-state index contributed by atoms with van der Waals surface area (Å²) >= 11 is 0. The number of anilines is 4. The van der Waals surface area contributed by atoms with Gasteiger partial charge in [0.2, 0.25) is 0 Å². The Morgan fingerprint density at radius 3 is 1.76 bits per heavy atom. The number of hydrogen-bond donors (Lipinski definition) is 0. The predicted molar refractivity (Wildman–Crippen MR) is 105 cm³/mol. The zero-order chi connectivity index (χ0) is 18.0. The molecule has 2 aromatic carbocycles. The predicted octanol–water partition coefficient (Wildman–Crippen LogP) is 3.84. The van der Waals surface area contributed by atoms with Crippen molar-refractivity contribution >= 4 is 35.3 Å². The fourth-order valence-electron chi connectivity index (χ4n) is 3.51. The molecule has 0 atom stereocenters. The van der Waals surface area contributed by atoms with Gasteiger partial charge in [0.15, 0.2) is 0 Å². The van der Waals surface area contributed by atoms with Crippen LogP contribution >= 0.6 is 0 Å². The minimum atomic E-state index is -0.342. The molecule has 130 valence electrons. The molecule has 0 radical (unpaired) electrons. The molecule has 1 saturated heterocycles. The van der Waals surface area contributed by atoms with Crippen LogP contribution in [-0.4, -0.2) is 32.4 Å². The molecule has 0 amide bonds. The minimum Gasteiger partial charge on any atom is -0.399 e. The van der Waals surface area contributed by atoms with Crippen molar-refractivity contribution in [2.45, 2.75) is 38.9 Å². The van der Waals surface area contributed by atoms with Crippen LogP contribution in [0.1, 0.15) is 27.7 Å². The van der Waals surface area contributed by atoms with Gasteiger partial charge in [-0.25, -0.2) is 0 Å². The van der Waals surface area contributed by atoms with Gasteiger partial charge in [0.25, 0.3) is 0 Å². The van der Waals surface area contributed by atoms with Crippen LogP contribution in [0.2, 0.25) is 0 Å². The molecule has 1 fully saturated rings. The van der Waals surface area contributed by atoms with Gasteiger partial charge in [-0.05, 0) is 57.4 Å². The molecule has 0 aromatic heterocycles. The van der Waals surface area contributed by atoms with E-state index in [0.29, 0.717) is 0 Å². The molecule has 5 heteroatoms. The molecule has 0 spiro atoms. The summed E-state index contributed by atoms with van der Waals surface area (Å²) in [5, 5.41) is 0. The molecule has 0 bridgehead atoms. The Labute approximate surface area is 150 Å². The van der Waals surface area contributed by atoms with Crippen molar-refractivity contribution in [2.24, 2.45) is 0 Å². The van der Waals surface area contributed by atoms with E-state index < -0.39 is 0 Å². The quantitative estimate of drug-likeness (QED) is 0.739. The molecule has 2 aromatic rings. The second-order valence-electron chi connectivity index (χ2n) is 7.94. The Hall–Kier alpha value is -1.98. The van der Waals surface area contributed by atoms with Gasteiger partial charge in [0.1, 0.15) is 0 Å². The van der Waals surface area contributed by atoms with E-state index in [9.17, 15) is 0 Å². The number of nitrogens with zero attached hydrogens (tertiary/aromatic N) is 2. The summed E-state index contributed by atoms with van der Waals surface area (Å²) in [6, 6.07) is 14.9. The highest BCUT2D eigenvalue weighted by atomic mass is 16.7. The highest BCUT2D eigenvalue weighted by Crippen LogP contribution is 2.46. The molecule has 0 N–H and O–H groups in total. The molecule has 0 unspecified atom stereocenters. The van der Waals surface area contributed by atoms with Crippen LogP contribution in [0.25, 0.3) is 0 Å². The highest BCUT2D eigenvalue weighted by Gasteiger charge is 2.51. The number of rotatable bonds is 1. The topological polar surface area (TPSA) is 24.9 Å². The van der Waals surface area contributed by atoms with Gasteiger partial charge >= 0.3 is 7.12 Å². The normalized spacial score (nSPS) is 20.5. The van der Waals surface area contributed by atoms with Crippen LogP contribution in [0.4, 0.5) is 22.7 Å². The average molecular weight is 336 g/mol. The van der Waals surface area contributed by atoms with Crippen LogP contribution in [0.15, 0.2) is 42.5 Å². The Morgan fingerprint density at radius 1 is 0.720 bits per heavy atom. The molecule has 4 nitrogen and oxygen atoms in total. The molecule has 2 aliphatic rings. The molecule has 25 heavy (non-hydrogen) atoms. The van der Waals surface area contributed by atoms with E-state index in [1.54, 1.807) is 0 Å². The lowest BCUT2D eigenvalue weighted by Crippen LogP contribution is -2.41. The Bertz CT molecular complexity index is 818. The highest BCUT2D eigenvalue weighted by molar-refractivity contribution is 6.62. The van der Waals surface area contributed by atoms with E-state index in [1.165, 1.54) is 17.1 Å². The Kier molecular flexibility index (Phi) is 3.47. The van der Waals surface area contributed by atoms with Crippen LogP contribution in [0.5, 0.6) is 0 Å². The van der Waals surface area contributed by atoms with Gasteiger partial charge in [-0.3, -0.25) is 0 Å². The summed E-state index contributed by atoms with van der Waals surface area (Å²) in [6.45, 7) is 8.34. The fraction of sp³-hybridized carbons (Fsp3) is 0.400. The Balaban J connectivity index is 1.74. The summed E-state index contributed by atoms with van der Waals surface area (Å²) in [4.78, 5) is 4.47. The molecular weight excluding hydrogens is 311 g/mol. The summed E-state index contributed by atoms with van der Waals surface area (Å²) in [5.41, 5.74) is 5.14. The third kappa shape index (κ3) is 2.37. The second-order valence-corrected chi connectivity index (χ2v) is 7.94. The van der Waals surface area contributed by atoms with Crippen molar-refractivity contribution in [2.75, 3.05) is 23.9 Å². The van der Waals surface area contributed by atoms with Crippen molar-refractivity contribution in [1.29, 1.82) is 0 Å². The number of benzene rings is 2. The van der Waals surface area contributed by atoms with Gasteiger partial charge < -0.3 is 19.1 Å². The van der Waals surface area contributed by atoms with Gasteiger partial charge in [-0.2, -0.15) is 0 Å². The molecule has 0 saturated carbocycles. The first kappa shape index (κ1) is 16.5. The lowest BCUT2D eigenvalue weighted by molar-refractivity contribution is 0.00578. The third-order valence-electron chi connectivity index (χ3n) is 5.85. The van der Waals surface area contributed by atoms with Crippen LogP contribution < -0.4 is 15.3 Å². The smallest absolute Gasteiger partial charge is 0.399 e. The van der Waals surface area contributed by atoms with Gasteiger partial charge in [0.05, 0.1) is 34.0 Å². The van der Waals surface area contributed by atoms with E-state index in [1.807, 2.05) is 0 Å². The summed E-state index contributed by atoms with van der Waals surface area (Å²) in [7, 11) is 3.88. The maximum Gasteiger partial charge on any atom is 0.494 e. The van der Waals surface area contributed by atoms with Gasteiger partial charge in [-0.15, -0.1) is 0 Å². The van der Waals surface area contributed by atoms with Crippen LogP contribution in [0, 0.1) is 0 Å². The summed E-state index contributed by atoms with van der Waals surface area (Å²) < 4.78 is 12.4. The lowest BCUT2D eigenvalue weighted by atomic mass is 9.78. The standard InChI is InChI=1S/C20H25BN2O2/c1-19(2)20(3,4)25-21(24-19)14-11-12-17-18(13-14)23(6)16-10-8-7-9-15(16)22(17)5/h7-13H,1-6H3. The SMILES string of the molecule is CN1c2ccccc2N(C)c2cc(B3OC(C)(C)C(C)(C)O3)ccc21. The van der Waals surface area contributed by atoms with E-state index in [2.05, 4.69) is 94.1 Å². The largest absolute Gasteiger partial charge is 0.494 e. The van der Waals surface area contributed by atoms with E-state index in [-0.39, 0.29) is 18.3 Å². The average Bonchev–Trinajstić information content (AvgIpc) is 2.80. The fourth-order valence-corrected chi connectivity index (χ4v) is 3.51. The zero-order valence-corrected chi connectivity index (χ0v) is 15.8. The van der Waals surface area contributed by atoms with E-state index in [4.69, 9.17) is 9.31 Å². The zero-order valence-electron chi connectivity index (χ0n) is 15.8. The first-order valence-corrected chi connectivity index (χ1v) is 8.77. The van der Waals surface area contributed by atoms with E-state index in [0.717, 1.165) is 11.2 Å². The molecule has 4 rings (SSSR count). The van der Waals surface area contributed by atoms with Gasteiger partial charge in [-0.1, -0.05) is 18.2 Å². The molecular formula is C20H25BN2O2. The summed E-state index contributed by atoms with van der Waals surface area (Å²) in [5.74, 6) is 0. The van der Waals surface area contributed by atoms with Crippen molar-refractivity contribution in [3.05, 3.63) is 42.5 Å². The van der Waals surface area contributed by atoms with Crippen molar-refractivity contribution < 1.29 is 9.31 Å². The Morgan fingerprint density at radius 2 is 1.20 bits per heavy atom. The van der Waals surface area contributed by atoms with Crippen LogP contribution in [0.3, 0.4) is 0 Å². The maximum absolute atomic E-state index is 6.22. The van der Waals surface area contributed by atoms with E-state index >= 15 is 0 Å². The van der Waals surface area contributed by atoms with Crippen molar-refractivity contribution in [3.63, 3.8) is 0 Å². The van der Waals surface area contributed by atoms with Crippen molar-refractivity contribution in [1.82, 2.24) is 0 Å². The first-order chi connectivity index (χ1) is 11.7. The second kappa shape index (κ2) is 5.26. The van der Waals surface area contributed by atoms with Crippen LogP contribution in [-0.2, 0) is 9.31 Å². The minimum absolute atomic E-state index is 0.330. The molecule has 2 heterocycles. The monoisotopic (exact) mass is 336 g/mol. The van der Waals surface area contributed by atoms with Crippen molar-refractivity contribution in [3.8, 4) is 0 Å². The maximum atomic E-state index is 6.22.